The summed E-state index contributed by atoms with van der Waals surface area (Å²) in [7, 11) is 0. The van der Waals surface area contributed by atoms with Gasteiger partial charge in [-0.15, -0.1) is 0 Å². The molecule has 0 aliphatic carbocycles. The van der Waals surface area contributed by atoms with Gasteiger partial charge in [-0.3, -0.25) is 0 Å². The molecule has 2 aromatic rings. The third kappa shape index (κ3) is 1.17. The number of aromatic nitrogens is 3. The zero-order chi connectivity index (χ0) is 10.3. The van der Waals surface area contributed by atoms with E-state index >= 15 is 0 Å². The van der Waals surface area contributed by atoms with Crippen molar-refractivity contribution in [1.29, 1.82) is 0 Å². The molecule has 0 saturated carbocycles. The highest BCUT2D eigenvalue weighted by Crippen LogP contribution is 2.21. The molecule has 0 atom stereocenters. The summed E-state index contributed by atoms with van der Waals surface area (Å²) < 4.78 is 1.60. The van der Waals surface area contributed by atoms with Crippen molar-refractivity contribution < 1.29 is 0 Å². The van der Waals surface area contributed by atoms with Crippen molar-refractivity contribution in [3.8, 4) is 0 Å². The quantitative estimate of drug-likeness (QED) is 0.705. The first kappa shape index (κ1) is 8.80. The number of fused-ring (bicyclic) bond motifs is 1. The maximum atomic E-state index is 5.75. The van der Waals surface area contributed by atoms with Gasteiger partial charge < -0.3 is 11.5 Å². The number of nitrogens with zero attached hydrogens (tertiary/aromatic N) is 3. The Hall–Kier alpha value is -1.78. The number of hydrogen-bond acceptors (Lipinski definition) is 4. The molecule has 4 N–H and O–H groups in total. The van der Waals surface area contributed by atoms with Gasteiger partial charge in [0.05, 0.1) is 6.20 Å². The van der Waals surface area contributed by atoms with E-state index in [1.807, 2.05) is 0 Å². The second-order valence-electron chi connectivity index (χ2n) is 3.60. The summed E-state index contributed by atoms with van der Waals surface area (Å²) in [6, 6.07) is 1.60. The van der Waals surface area contributed by atoms with Crippen molar-refractivity contribution in [2.75, 3.05) is 11.5 Å². The second-order valence-corrected chi connectivity index (χ2v) is 3.60. The van der Waals surface area contributed by atoms with Gasteiger partial charge in [0.15, 0.2) is 5.65 Å². The minimum atomic E-state index is 0.362. The molecule has 0 amide bonds. The molecule has 2 heterocycles. The molecular weight excluding hydrogens is 178 g/mol. The first-order valence-corrected chi connectivity index (χ1v) is 4.49. The summed E-state index contributed by atoms with van der Waals surface area (Å²) in [6.45, 7) is 4.16. The van der Waals surface area contributed by atoms with Crippen LogP contribution in [0, 0.1) is 0 Å². The summed E-state index contributed by atoms with van der Waals surface area (Å²) in [6.07, 6.45) is 1.78. The molecule has 2 rings (SSSR count). The zero-order valence-corrected chi connectivity index (χ0v) is 8.23. The number of nitrogen functional groups attached to an aromatic ring is 2. The van der Waals surface area contributed by atoms with E-state index < -0.39 is 0 Å². The number of rotatable bonds is 1. The van der Waals surface area contributed by atoms with Crippen molar-refractivity contribution in [2.24, 2.45) is 0 Å². The molecular formula is C9H13N5. The number of hydrogen-bond donors (Lipinski definition) is 2. The van der Waals surface area contributed by atoms with Crippen LogP contribution in [0.3, 0.4) is 0 Å². The first-order valence-electron chi connectivity index (χ1n) is 4.49. The third-order valence-electron chi connectivity index (χ3n) is 2.17. The molecule has 0 spiro atoms. The first-order chi connectivity index (χ1) is 6.59. The highest BCUT2D eigenvalue weighted by Gasteiger charge is 2.11. The van der Waals surface area contributed by atoms with Gasteiger partial charge in [-0.2, -0.15) is 9.61 Å². The fourth-order valence-electron chi connectivity index (χ4n) is 1.43. The van der Waals surface area contributed by atoms with Crippen LogP contribution in [0.15, 0.2) is 12.3 Å². The van der Waals surface area contributed by atoms with Crippen LogP contribution in [0.5, 0.6) is 0 Å². The van der Waals surface area contributed by atoms with E-state index in [0.29, 0.717) is 17.6 Å². The van der Waals surface area contributed by atoms with Crippen LogP contribution < -0.4 is 11.5 Å². The number of anilines is 2. The minimum Gasteiger partial charge on any atom is -0.384 e. The van der Waals surface area contributed by atoms with E-state index in [9.17, 15) is 0 Å². The van der Waals surface area contributed by atoms with Crippen LogP contribution in [0.4, 0.5) is 11.6 Å². The molecule has 0 saturated heterocycles. The fraction of sp³-hybridized carbons (Fsp3) is 0.333. The normalized spacial score (nSPS) is 11.4. The maximum Gasteiger partial charge on any atom is 0.163 e. The molecule has 74 valence electrons. The Kier molecular flexibility index (Phi) is 1.80. The van der Waals surface area contributed by atoms with Gasteiger partial charge >= 0.3 is 0 Å². The van der Waals surface area contributed by atoms with Crippen LogP contribution in [0.25, 0.3) is 5.65 Å². The van der Waals surface area contributed by atoms with Gasteiger partial charge in [0.25, 0.3) is 0 Å². The maximum absolute atomic E-state index is 5.75. The van der Waals surface area contributed by atoms with Gasteiger partial charge in [0.1, 0.15) is 11.6 Å². The standard InChI is InChI=1S/C9H13N5/c1-5(2)6-4-12-14-8(11)3-7(10)13-9(6)14/h3-5H,11H2,1-2H3,(H2,10,13). The zero-order valence-electron chi connectivity index (χ0n) is 8.23. The summed E-state index contributed by atoms with van der Waals surface area (Å²) in [4.78, 5) is 4.22. The summed E-state index contributed by atoms with van der Waals surface area (Å²) in [5.74, 6) is 1.30. The van der Waals surface area contributed by atoms with E-state index in [2.05, 4.69) is 23.9 Å². The van der Waals surface area contributed by atoms with Crippen LogP contribution >= 0.6 is 0 Å². The Labute approximate surface area is 81.7 Å². The van der Waals surface area contributed by atoms with Crippen molar-refractivity contribution in [1.82, 2.24) is 14.6 Å². The van der Waals surface area contributed by atoms with Gasteiger partial charge in [-0.1, -0.05) is 13.8 Å². The lowest BCUT2D eigenvalue weighted by atomic mass is 10.1. The van der Waals surface area contributed by atoms with Crippen LogP contribution in [-0.4, -0.2) is 14.6 Å². The SMILES string of the molecule is CC(C)c1cnn2c(N)cc(N)nc12. The topological polar surface area (TPSA) is 82.2 Å². The van der Waals surface area contributed by atoms with Gasteiger partial charge in [0, 0.05) is 11.6 Å². The molecule has 0 aliphatic rings. The largest absolute Gasteiger partial charge is 0.384 e. The third-order valence-corrected chi connectivity index (χ3v) is 2.17. The van der Waals surface area contributed by atoms with Crippen LogP contribution in [0.1, 0.15) is 25.3 Å². The fourth-order valence-corrected chi connectivity index (χ4v) is 1.43. The smallest absolute Gasteiger partial charge is 0.163 e. The van der Waals surface area contributed by atoms with Crippen molar-refractivity contribution in [3.05, 3.63) is 17.8 Å². The molecule has 0 bridgehead atoms. The van der Waals surface area contributed by atoms with E-state index in [1.54, 1.807) is 16.8 Å². The van der Waals surface area contributed by atoms with Gasteiger partial charge in [-0.25, -0.2) is 4.98 Å². The van der Waals surface area contributed by atoms with Gasteiger partial charge in [-0.05, 0) is 5.92 Å². The molecule has 14 heavy (non-hydrogen) atoms. The van der Waals surface area contributed by atoms with Crippen LogP contribution in [0.2, 0.25) is 0 Å². The van der Waals surface area contributed by atoms with Crippen molar-refractivity contribution >= 4 is 17.3 Å². The van der Waals surface area contributed by atoms with E-state index in [1.165, 1.54) is 0 Å². The average molecular weight is 191 g/mol. The van der Waals surface area contributed by atoms with Crippen LogP contribution in [-0.2, 0) is 0 Å². The van der Waals surface area contributed by atoms with E-state index in [0.717, 1.165) is 11.2 Å². The molecule has 0 radical (unpaired) electrons. The average Bonchev–Trinajstić information content (AvgIpc) is 2.47. The van der Waals surface area contributed by atoms with E-state index in [4.69, 9.17) is 11.5 Å². The Morgan fingerprint density at radius 1 is 1.36 bits per heavy atom. The lowest BCUT2D eigenvalue weighted by molar-refractivity contribution is 0.872. The molecule has 0 fully saturated rings. The monoisotopic (exact) mass is 191 g/mol. The lowest BCUT2D eigenvalue weighted by Crippen LogP contribution is -2.03. The molecule has 0 unspecified atom stereocenters. The Balaban J connectivity index is 2.78. The molecule has 5 heteroatoms. The number of nitrogens with two attached hydrogens (primary N) is 2. The predicted octanol–water partition coefficient (Wildman–Crippen LogP) is 1.02. The second kappa shape index (κ2) is 2.87. The van der Waals surface area contributed by atoms with Crippen molar-refractivity contribution in [2.45, 2.75) is 19.8 Å². The highest BCUT2D eigenvalue weighted by molar-refractivity contribution is 5.57. The molecule has 2 aromatic heterocycles. The lowest BCUT2D eigenvalue weighted by Gasteiger charge is -2.03. The summed E-state index contributed by atoms with van der Waals surface area (Å²) in [5.41, 5.74) is 13.2. The van der Waals surface area contributed by atoms with Crippen molar-refractivity contribution in [3.63, 3.8) is 0 Å². The minimum absolute atomic E-state index is 0.362. The summed E-state index contributed by atoms with van der Waals surface area (Å²) >= 11 is 0. The summed E-state index contributed by atoms with van der Waals surface area (Å²) in [5, 5.41) is 4.15. The van der Waals surface area contributed by atoms with E-state index in [-0.39, 0.29) is 0 Å². The van der Waals surface area contributed by atoms with Gasteiger partial charge in [0.2, 0.25) is 0 Å². The molecule has 0 aliphatic heterocycles. The molecule has 5 nitrogen and oxygen atoms in total. The Morgan fingerprint density at radius 2 is 2.07 bits per heavy atom. The highest BCUT2D eigenvalue weighted by atomic mass is 15.3. The Bertz CT molecular complexity index is 471. The Morgan fingerprint density at radius 3 is 2.71 bits per heavy atom. The predicted molar refractivity (Wildman–Crippen MR) is 55.9 cm³/mol. The molecule has 0 aromatic carbocycles.